The normalized spacial score (nSPS) is 11.7. The third-order valence-corrected chi connectivity index (χ3v) is 9.92. The van der Waals surface area contributed by atoms with Crippen LogP contribution < -0.4 is 14.4 Å². The lowest BCUT2D eigenvalue weighted by molar-refractivity contribution is -0.140. The molecular weight excluding hydrogens is 690 g/mol. The summed E-state index contributed by atoms with van der Waals surface area (Å²) in [5, 5.41) is 2.88. The van der Waals surface area contributed by atoms with Crippen molar-refractivity contribution in [3.8, 4) is 11.5 Å². The maximum Gasteiger partial charge on any atom is 0.264 e. The Bertz CT molecular complexity index is 1890. The van der Waals surface area contributed by atoms with E-state index in [0.717, 1.165) is 19.9 Å². The molecule has 8 nitrogen and oxygen atoms in total. The highest BCUT2D eigenvalue weighted by atomic mass is 79.9. The molecule has 48 heavy (non-hydrogen) atoms. The summed E-state index contributed by atoms with van der Waals surface area (Å²) in [6.07, 6.45) is 0.242. The van der Waals surface area contributed by atoms with Crippen LogP contribution in [0.25, 0.3) is 0 Å². The fourth-order valence-electron chi connectivity index (χ4n) is 5.19. The van der Waals surface area contributed by atoms with Crippen LogP contribution in [-0.2, 0) is 32.6 Å². The number of nitrogens with zero attached hydrogens (tertiary/aromatic N) is 2. The summed E-state index contributed by atoms with van der Waals surface area (Å²) >= 11 is 3.46. The molecule has 0 aromatic heterocycles. The molecule has 5 aromatic carbocycles. The van der Waals surface area contributed by atoms with Crippen LogP contribution in [0.3, 0.4) is 0 Å². The predicted molar refractivity (Wildman–Crippen MR) is 191 cm³/mol. The van der Waals surface area contributed by atoms with Gasteiger partial charge in [0, 0.05) is 24.0 Å². The number of ether oxygens (including phenoxy) is 1. The highest BCUT2D eigenvalue weighted by Gasteiger charge is 2.34. The van der Waals surface area contributed by atoms with E-state index in [9.17, 15) is 18.0 Å². The summed E-state index contributed by atoms with van der Waals surface area (Å²) in [6.45, 7) is 1.73. The van der Waals surface area contributed by atoms with Gasteiger partial charge < -0.3 is 15.0 Å². The maximum absolute atomic E-state index is 14.5. The Morgan fingerprint density at radius 3 is 1.90 bits per heavy atom. The number of sulfonamides is 1. The zero-order chi connectivity index (χ0) is 33.9. The fourth-order valence-corrected chi connectivity index (χ4v) is 6.89. The Morgan fingerprint density at radius 1 is 0.729 bits per heavy atom. The molecule has 0 saturated heterocycles. The summed E-state index contributed by atoms with van der Waals surface area (Å²) in [6, 6.07) is 39.7. The highest BCUT2D eigenvalue weighted by Crippen LogP contribution is 2.29. The van der Waals surface area contributed by atoms with Crippen LogP contribution in [0.4, 0.5) is 5.69 Å². The van der Waals surface area contributed by atoms with Crippen molar-refractivity contribution in [2.24, 2.45) is 0 Å². The third kappa shape index (κ3) is 8.90. The second-order valence-corrected chi connectivity index (χ2v) is 13.8. The van der Waals surface area contributed by atoms with E-state index in [4.69, 9.17) is 4.74 Å². The van der Waals surface area contributed by atoms with Crippen LogP contribution in [-0.4, -0.2) is 44.3 Å². The van der Waals surface area contributed by atoms with Crippen molar-refractivity contribution < 1.29 is 22.7 Å². The zero-order valence-electron chi connectivity index (χ0n) is 26.4. The van der Waals surface area contributed by atoms with Gasteiger partial charge in [0.05, 0.1) is 10.6 Å². The SMILES string of the molecule is CCNC(=O)[C@@H](Cc1ccccc1)N(Cc1ccc(Br)cc1)C(=O)CN(c1ccc(Oc2ccccc2)cc1)S(=O)(=O)c1ccccc1. The van der Waals surface area contributed by atoms with Crippen LogP contribution in [0.1, 0.15) is 18.1 Å². The van der Waals surface area contributed by atoms with E-state index >= 15 is 0 Å². The van der Waals surface area contributed by atoms with Gasteiger partial charge in [0.15, 0.2) is 0 Å². The van der Waals surface area contributed by atoms with Gasteiger partial charge in [-0.2, -0.15) is 0 Å². The summed E-state index contributed by atoms with van der Waals surface area (Å²) in [7, 11) is -4.21. The van der Waals surface area contributed by atoms with E-state index in [1.807, 2.05) is 91.9 Å². The van der Waals surface area contributed by atoms with Crippen LogP contribution >= 0.6 is 15.9 Å². The van der Waals surface area contributed by atoms with E-state index in [-0.39, 0.29) is 29.5 Å². The molecule has 0 spiro atoms. The lowest BCUT2D eigenvalue weighted by atomic mass is 10.0. The smallest absolute Gasteiger partial charge is 0.264 e. The van der Waals surface area contributed by atoms with E-state index in [2.05, 4.69) is 21.2 Å². The molecule has 0 bridgehead atoms. The van der Waals surface area contributed by atoms with Gasteiger partial charge in [0.25, 0.3) is 10.0 Å². The Balaban J connectivity index is 1.53. The van der Waals surface area contributed by atoms with Gasteiger partial charge in [-0.25, -0.2) is 8.42 Å². The maximum atomic E-state index is 14.5. The topological polar surface area (TPSA) is 96.0 Å². The number of carbonyl (C=O) groups is 2. The zero-order valence-corrected chi connectivity index (χ0v) is 28.8. The number of nitrogens with one attached hydrogen (secondary N) is 1. The molecule has 10 heteroatoms. The van der Waals surface area contributed by atoms with Crippen molar-refractivity contribution in [1.82, 2.24) is 10.2 Å². The molecule has 0 fully saturated rings. The first-order chi connectivity index (χ1) is 23.2. The number of rotatable bonds is 14. The molecule has 0 heterocycles. The second kappa shape index (κ2) is 16.3. The first kappa shape index (κ1) is 34.4. The molecule has 0 aliphatic heterocycles. The van der Waals surface area contributed by atoms with Crippen molar-refractivity contribution >= 4 is 43.5 Å². The molecule has 5 aromatic rings. The molecule has 0 saturated carbocycles. The Kier molecular flexibility index (Phi) is 11.7. The van der Waals surface area contributed by atoms with Crippen LogP contribution in [0, 0.1) is 0 Å². The van der Waals surface area contributed by atoms with E-state index < -0.39 is 28.5 Å². The Hall–Kier alpha value is -4.93. The summed E-state index contributed by atoms with van der Waals surface area (Å²) < 4.78 is 36.3. The summed E-state index contributed by atoms with van der Waals surface area (Å²) in [5.74, 6) is 0.276. The fraction of sp³-hybridized carbons (Fsp3) is 0.158. The van der Waals surface area contributed by atoms with Gasteiger partial charge in [-0.3, -0.25) is 13.9 Å². The summed E-state index contributed by atoms with van der Waals surface area (Å²) in [4.78, 5) is 29.7. The summed E-state index contributed by atoms with van der Waals surface area (Å²) in [5.41, 5.74) is 1.92. The Morgan fingerprint density at radius 2 is 1.29 bits per heavy atom. The van der Waals surface area contributed by atoms with Gasteiger partial charge in [-0.05, 0) is 78.7 Å². The molecule has 2 amide bonds. The van der Waals surface area contributed by atoms with Crippen molar-refractivity contribution in [3.63, 3.8) is 0 Å². The number of amides is 2. The average Bonchev–Trinajstić information content (AvgIpc) is 3.11. The van der Waals surface area contributed by atoms with Crippen molar-refractivity contribution in [2.75, 3.05) is 17.4 Å². The first-order valence-electron chi connectivity index (χ1n) is 15.5. The number of likely N-dealkylation sites (N-methyl/N-ethyl adjacent to an activating group) is 1. The lowest BCUT2D eigenvalue weighted by Gasteiger charge is -2.34. The minimum absolute atomic E-state index is 0.0337. The standard InChI is InChI=1S/C38H36BrN3O5S/c1-2-40-38(44)36(26-29-12-6-3-7-13-29)41(27-30-18-20-31(39)21-19-30)37(43)28-42(48(45,46)35-16-10-5-11-17-35)32-22-24-34(25-23-32)47-33-14-8-4-9-15-33/h3-25,36H,2,26-28H2,1H3,(H,40,44)/t36-/m1/s1. The number of carbonyl (C=O) groups excluding carboxylic acids is 2. The molecule has 0 aliphatic rings. The van der Waals surface area contributed by atoms with E-state index in [1.165, 1.54) is 17.0 Å². The van der Waals surface area contributed by atoms with E-state index in [0.29, 0.717) is 18.0 Å². The molecule has 0 radical (unpaired) electrons. The minimum Gasteiger partial charge on any atom is -0.457 e. The number of anilines is 1. The Labute approximate surface area is 290 Å². The molecule has 0 unspecified atom stereocenters. The van der Waals surface area contributed by atoms with Crippen LogP contribution in [0.15, 0.2) is 149 Å². The van der Waals surface area contributed by atoms with Crippen LogP contribution in [0.2, 0.25) is 0 Å². The number of benzene rings is 5. The highest BCUT2D eigenvalue weighted by molar-refractivity contribution is 9.10. The predicted octanol–water partition coefficient (Wildman–Crippen LogP) is 7.21. The lowest BCUT2D eigenvalue weighted by Crippen LogP contribution is -2.53. The van der Waals surface area contributed by atoms with Gasteiger partial charge in [-0.1, -0.05) is 94.8 Å². The van der Waals surface area contributed by atoms with E-state index in [1.54, 1.807) is 42.5 Å². The molecular formula is C38H36BrN3O5S. The quantitative estimate of drug-likeness (QED) is 0.131. The van der Waals surface area contributed by atoms with Gasteiger partial charge in [-0.15, -0.1) is 0 Å². The first-order valence-corrected chi connectivity index (χ1v) is 17.7. The van der Waals surface area contributed by atoms with Gasteiger partial charge in [0.1, 0.15) is 24.1 Å². The molecule has 5 rings (SSSR count). The molecule has 0 aliphatic carbocycles. The second-order valence-electron chi connectivity index (χ2n) is 11.0. The third-order valence-electron chi connectivity index (χ3n) is 7.60. The minimum atomic E-state index is -4.21. The van der Waals surface area contributed by atoms with Crippen molar-refractivity contribution in [2.45, 2.75) is 30.8 Å². The number of hydrogen-bond acceptors (Lipinski definition) is 5. The number of hydrogen-bond donors (Lipinski definition) is 1. The van der Waals surface area contributed by atoms with Gasteiger partial charge >= 0.3 is 0 Å². The van der Waals surface area contributed by atoms with Crippen LogP contribution in [0.5, 0.6) is 11.5 Å². The van der Waals surface area contributed by atoms with Gasteiger partial charge in [0.2, 0.25) is 11.8 Å². The molecule has 1 atom stereocenters. The number of para-hydroxylation sites is 1. The average molecular weight is 727 g/mol. The van der Waals surface area contributed by atoms with Crippen molar-refractivity contribution in [3.05, 3.63) is 155 Å². The molecule has 246 valence electrons. The number of halogens is 1. The molecule has 1 N–H and O–H groups in total. The van der Waals surface area contributed by atoms with Crippen molar-refractivity contribution in [1.29, 1.82) is 0 Å². The monoisotopic (exact) mass is 725 g/mol. The largest absolute Gasteiger partial charge is 0.457 e.